The van der Waals surface area contributed by atoms with E-state index >= 15 is 0 Å². The number of hydrogen-bond acceptors (Lipinski definition) is 4. The lowest BCUT2D eigenvalue weighted by Gasteiger charge is -2.07. The molecule has 1 rings (SSSR count). The fourth-order valence-electron chi connectivity index (χ4n) is 0.825. The highest BCUT2D eigenvalue weighted by atomic mass is 32.2. The molecule has 0 saturated heterocycles. The molecule has 0 aliphatic rings. The van der Waals surface area contributed by atoms with Crippen LogP contribution in [0.3, 0.4) is 0 Å². The Hall–Kier alpha value is -1.04. The summed E-state index contributed by atoms with van der Waals surface area (Å²) in [5, 5.41) is 8.37. The SMILES string of the molecule is CC(C)n1cnnc1SCC(N)=O. The first kappa shape index (κ1) is 10.0. The molecule has 0 saturated carbocycles. The van der Waals surface area contributed by atoms with Crippen molar-refractivity contribution in [3.63, 3.8) is 0 Å². The van der Waals surface area contributed by atoms with Gasteiger partial charge >= 0.3 is 0 Å². The van der Waals surface area contributed by atoms with Crippen LogP contribution in [-0.4, -0.2) is 26.4 Å². The molecule has 0 aliphatic heterocycles. The van der Waals surface area contributed by atoms with E-state index in [2.05, 4.69) is 10.2 Å². The maximum atomic E-state index is 10.5. The summed E-state index contributed by atoms with van der Waals surface area (Å²) in [7, 11) is 0. The highest BCUT2D eigenvalue weighted by Crippen LogP contribution is 2.17. The summed E-state index contributed by atoms with van der Waals surface area (Å²) < 4.78 is 1.90. The zero-order chi connectivity index (χ0) is 9.84. The summed E-state index contributed by atoms with van der Waals surface area (Å²) in [4.78, 5) is 10.5. The van der Waals surface area contributed by atoms with Crippen molar-refractivity contribution in [3.05, 3.63) is 6.33 Å². The van der Waals surface area contributed by atoms with Crippen LogP contribution >= 0.6 is 11.8 Å². The summed E-state index contributed by atoms with van der Waals surface area (Å²) in [6.07, 6.45) is 1.65. The number of thioether (sulfide) groups is 1. The molecule has 2 N–H and O–H groups in total. The van der Waals surface area contributed by atoms with Crippen molar-refractivity contribution >= 4 is 17.7 Å². The van der Waals surface area contributed by atoms with Gasteiger partial charge in [0.15, 0.2) is 5.16 Å². The number of hydrogen-bond donors (Lipinski definition) is 1. The number of nitrogens with zero attached hydrogens (tertiary/aromatic N) is 3. The van der Waals surface area contributed by atoms with Gasteiger partial charge in [-0.25, -0.2) is 0 Å². The van der Waals surface area contributed by atoms with Crippen molar-refractivity contribution in [2.45, 2.75) is 25.0 Å². The predicted molar refractivity (Wildman–Crippen MR) is 50.3 cm³/mol. The summed E-state index contributed by atoms with van der Waals surface area (Å²) in [6.45, 7) is 4.05. The Morgan fingerprint density at radius 1 is 1.77 bits per heavy atom. The normalized spacial score (nSPS) is 10.7. The van der Waals surface area contributed by atoms with Crippen LogP contribution in [0.5, 0.6) is 0 Å². The maximum absolute atomic E-state index is 10.5. The van der Waals surface area contributed by atoms with E-state index in [1.807, 2.05) is 18.4 Å². The number of aromatic nitrogens is 3. The molecular weight excluding hydrogens is 188 g/mol. The smallest absolute Gasteiger partial charge is 0.227 e. The van der Waals surface area contributed by atoms with Gasteiger partial charge in [-0.05, 0) is 13.8 Å². The molecule has 72 valence electrons. The molecule has 1 aromatic heterocycles. The van der Waals surface area contributed by atoms with Crippen LogP contribution < -0.4 is 5.73 Å². The number of primary amides is 1. The van der Waals surface area contributed by atoms with E-state index in [0.717, 1.165) is 5.16 Å². The van der Waals surface area contributed by atoms with Crippen molar-refractivity contribution < 1.29 is 4.79 Å². The molecule has 1 aromatic rings. The molecule has 0 radical (unpaired) electrons. The summed E-state index contributed by atoms with van der Waals surface area (Å²) >= 11 is 1.30. The van der Waals surface area contributed by atoms with Gasteiger partial charge in [0.1, 0.15) is 6.33 Å². The minimum atomic E-state index is -0.344. The van der Waals surface area contributed by atoms with Crippen molar-refractivity contribution in [2.75, 3.05) is 5.75 Å². The highest BCUT2D eigenvalue weighted by Gasteiger charge is 2.08. The average Bonchev–Trinajstić information content (AvgIpc) is 2.47. The zero-order valence-corrected chi connectivity index (χ0v) is 8.41. The van der Waals surface area contributed by atoms with Crippen molar-refractivity contribution in [2.24, 2.45) is 5.73 Å². The number of nitrogens with two attached hydrogens (primary N) is 1. The maximum Gasteiger partial charge on any atom is 0.227 e. The minimum absolute atomic E-state index is 0.241. The second kappa shape index (κ2) is 4.27. The summed E-state index contributed by atoms with van der Waals surface area (Å²) in [5.74, 6) is -0.103. The Labute approximate surface area is 80.7 Å². The quantitative estimate of drug-likeness (QED) is 0.715. The van der Waals surface area contributed by atoms with E-state index in [-0.39, 0.29) is 11.7 Å². The molecule has 1 amide bonds. The van der Waals surface area contributed by atoms with Crippen LogP contribution in [0, 0.1) is 0 Å². The van der Waals surface area contributed by atoms with Crippen molar-refractivity contribution in [3.8, 4) is 0 Å². The Morgan fingerprint density at radius 2 is 2.46 bits per heavy atom. The Morgan fingerprint density at radius 3 is 3.00 bits per heavy atom. The third-order valence-corrected chi connectivity index (χ3v) is 2.42. The first-order valence-electron chi connectivity index (χ1n) is 3.92. The van der Waals surface area contributed by atoms with E-state index in [9.17, 15) is 4.79 Å². The van der Waals surface area contributed by atoms with Gasteiger partial charge in [0, 0.05) is 6.04 Å². The Balaban J connectivity index is 2.65. The third kappa shape index (κ3) is 2.73. The van der Waals surface area contributed by atoms with Crippen molar-refractivity contribution in [1.82, 2.24) is 14.8 Å². The predicted octanol–water partition coefficient (Wildman–Crippen LogP) is 0.436. The fraction of sp³-hybridized carbons (Fsp3) is 0.571. The lowest BCUT2D eigenvalue weighted by atomic mass is 10.4. The molecule has 13 heavy (non-hydrogen) atoms. The molecule has 0 bridgehead atoms. The Bertz CT molecular complexity index is 296. The van der Waals surface area contributed by atoms with Gasteiger partial charge in [-0.2, -0.15) is 0 Å². The van der Waals surface area contributed by atoms with E-state index in [0.29, 0.717) is 6.04 Å². The average molecular weight is 200 g/mol. The first-order chi connectivity index (χ1) is 6.11. The van der Waals surface area contributed by atoms with Crippen LogP contribution in [0.15, 0.2) is 11.5 Å². The second-order valence-corrected chi connectivity index (χ2v) is 3.81. The number of amides is 1. The molecule has 0 aliphatic carbocycles. The highest BCUT2D eigenvalue weighted by molar-refractivity contribution is 7.99. The van der Waals surface area contributed by atoms with Crippen LogP contribution in [0.25, 0.3) is 0 Å². The summed E-state index contributed by atoms with van der Waals surface area (Å²) in [6, 6.07) is 0.297. The van der Waals surface area contributed by atoms with Gasteiger partial charge in [0.2, 0.25) is 5.91 Å². The topological polar surface area (TPSA) is 73.8 Å². The number of carbonyl (C=O) groups is 1. The second-order valence-electron chi connectivity index (χ2n) is 2.87. The van der Waals surface area contributed by atoms with Gasteiger partial charge in [0.25, 0.3) is 0 Å². The number of rotatable bonds is 4. The lowest BCUT2D eigenvalue weighted by Crippen LogP contribution is -2.14. The van der Waals surface area contributed by atoms with Crippen LogP contribution in [0.2, 0.25) is 0 Å². The van der Waals surface area contributed by atoms with Crippen molar-refractivity contribution in [1.29, 1.82) is 0 Å². The number of carbonyl (C=O) groups excluding carboxylic acids is 1. The van der Waals surface area contributed by atoms with Gasteiger partial charge in [0.05, 0.1) is 5.75 Å². The van der Waals surface area contributed by atoms with Crippen LogP contribution in [0.1, 0.15) is 19.9 Å². The van der Waals surface area contributed by atoms with E-state index in [4.69, 9.17) is 5.73 Å². The van der Waals surface area contributed by atoms with Gasteiger partial charge in [-0.15, -0.1) is 10.2 Å². The van der Waals surface area contributed by atoms with Gasteiger partial charge in [-0.1, -0.05) is 11.8 Å². The molecule has 0 atom stereocenters. The van der Waals surface area contributed by atoms with Gasteiger partial charge in [-0.3, -0.25) is 4.79 Å². The first-order valence-corrected chi connectivity index (χ1v) is 4.90. The third-order valence-electron chi connectivity index (χ3n) is 1.44. The molecule has 1 heterocycles. The fourth-order valence-corrected chi connectivity index (χ4v) is 1.61. The molecule has 0 spiro atoms. The summed E-state index contributed by atoms with van der Waals surface area (Å²) in [5.41, 5.74) is 5.02. The lowest BCUT2D eigenvalue weighted by molar-refractivity contribution is -0.115. The molecule has 5 nitrogen and oxygen atoms in total. The molecule has 0 fully saturated rings. The molecule has 6 heteroatoms. The standard InChI is InChI=1S/C7H12N4OS/c1-5(2)11-4-9-10-7(11)13-3-6(8)12/h4-5H,3H2,1-2H3,(H2,8,12). The molecule has 0 aromatic carbocycles. The zero-order valence-electron chi connectivity index (χ0n) is 7.60. The van der Waals surface area contributed by atoms with Crippen LogP contribution in [-0.2, 0) is 4.79 Å². The molecule has 0 unspecified atom stereocenters. The van der Waals surface area contributed by atoms with E-state index in [1.165, 1.54) is 11.8 Å². The largest absolute Gasteiger partial charge is 0.369 e. The van der Waals surface area contributed by atoms with Gasteiger partial charge < -0.3 is 10.3 Å². The van der Waals surface area contributed by atoms with Crippen LogP contribution in [0.4, 0.5) is 0 Å². The van der Waals surface area contributed by atoms with E-state index in [1.54, 1.807) is 6.33 Å². The minimum Gasteiger partial charge on any atom is -0.369 e. The van der Waals surface area contributed by atoms with E-state index < -0.39 is 0 Å². The molecular formula is C7H12N4OS. The Kier molecular flexibility index (Phi) is 3.30. The monoisotopic (exact) mass is 200 g/mol.